The van der Waals surface area contributed by atoms with Crippen molar-refractivity contribution in [2.75, 3.05) is 6.54 Å². The summed E-state index contributed by atoms with van der Waals surface area (Å²) in [5.74, 6) is 0. The molecule has 0 saturated heterocycles. The Balaban J connectivity index is 2.26. The maximum atomic E-state index is 5.45. The van der Waals surface area contributed by atoms with Gasteiger partial charge in [0.05, 0.1) is 11.0 Å². The summed E-state index contributed by atoms with van der Waals surface area (Å²) in [5.41, 5.74) is 2.26. The predicted octanol–water partition coefficient (Wildman–Crippen LogP) is 4.58. The first-order chi connectivity index (χ1) is 9.40. The van der Waals surface area contributed by atoms with Gasteiger partial charge in [0.25, 0.3) is 0 Å². The van der Waals surface area contributed by atoms with Gasteiger partial charge in [0.1, 0.15) is 0 Å². The van der Waals surface area contributed by atoms with Gasteiger partial charge in [0.15, 0.2) is 4.77 Å². The summed E-state index contributed by atoms with van der Waals surface area (Å²) < 4.78 is 4.06. The number of halogens is 1. The molecule has 0 fully saturated rings. The molecule has 1 heterocycles. The van der Waals surface area contributed by atoms with Crippen molar-refractivity contribution in [3.63, 3.8) is 0 Å². The number of hydrogen-bond donors (Lipinski definition) is 1. The van der Waals surface area contributed by atoms with Crippen LogP contribution in [0, 0.1) is 4.77 Å². The van der Waals surface area contributed by atoms with E-state index in [1.807, 2.05) is 0 Å². The maximum Gasteiger partial charge on any atom is 0.178 e. The highest BCUT2D eigenvalue weighted by Gasteiger charge is 2.14. The van der Waals surface area contributed by atoms with E-state index in [9.17, 15) is 0 Å². The molecule has 0 aliphatic rings. The summed E-state index contributed by atoms with van der Waals surface area (Å²) in [6.07, 6.45) is 0. The van der Waals surface area contributed by atoms with Gasteiger partial charge >= 0.3 is 0 Å². The van der Waals surface area contributed by atoms with Gasteiger partial charge in [-0.2, -0.15) is 0 Å². The molecule has 0 saturated carbocycles. The Bertz CT molecular complexity index is 634. The van der Waals surface area contributed by atoms with Crippen molar-refractivity contribution >= 4 is 39.2 Å². The molecule has 20 heavy (non-hydrogen) atoms. The van der Waals surface area contributed by atoms with Crippen LogP contribution in [0.4, 0.5) is 0 Å². The summed E-state index contributed by atoms with van der Waals surface area (Å²) >= 11 is 8.95. The number of nitrogens with one attached hydrogen (secondary N) is 1. The second-order valence-corrected chi connectivity index (χ2v) is 6.97. The first kappa shape index (κ1) is 15.7. The highest BCUT2D eigenvalue weighted by Crippen LogP contribution is 2.19. The predicted molar refractivity (Wildman–Crippen MR) is 91.8 cm³/mol. The fraction of sp³-hybridized carbons (Fsp3) is 0.533. The SMILES string of the molecule is CC(C)N(CCn1c(=S)[nH]c2cc(Br)ccc21)C(C)C. The summed E-state index contributed by atoms with van der Waals surface area (Å²) in [6.45, 7) is 10.9. The standard InChI is InChI=1S/C15H22BrN3S/c1-10(2)18(11(3)4)7-8-19-14-6-5-12(16)9-13(14)17-15(19)20/h5-6,9-11H,7-8H2,1-4H3,(H,17,20). The highest BCUT2D eigenvalue weighted by atomic mass is 79.9. The monoisotopic (exact) mass is 355 g/mol. The van der Waals surface area contributed by atoms with Gasteiger partial charge in [-0.1, -0.05) is 15.9 Å². The molecule has 0 aliphatic carbocycles. The fourth-order valence-corrected chi connectivity index (χ4v) is 3.35. The number of fused-ring (bicyclic) bond motifs is 1. The van der Waals surface area contributed by atoms with E-state index in [1.165, 1.54) is 5.52 Å². The molecule has 1 aromatic carbocycles. The van der Waals surface area contributed by atoms with Crippen molar-refractivity contribution in [2.45, 2.75) is 46.3 Å². The van der Waals surface area contributed by atoms with E-state index in [0.717, 1.165) is 27.8 Å². The number of H-pyrrole nitrogens is 1. The molecule has 5 heteroatoms. The van der Waals surface area contributed by atoms with Crippen LogP contribution < -0.4 is 0 Å². The van der Waals surface area contributed by atoms with Gasteiger partial charge in [-0.3, -0.25) is 4.90 Å². The zero-order chi connectivity index (χ0) is 14.9. The first-order valence-corrected chi connectivity index (χ1v) is 8.24. The van der Waals surface area contributed by atoms with E-state index in [4.69, 9.17) is 12.2 Å². The van der Waals surface area contributed by atoms with Gasteiger partial charge in [0, 0.05) is 29.6 Å². The molecule has 0 unspecified atom stereocenters. The summed E-state index contributed by atoms with van der Waals surface area (Å²) in [4.78, 5) is 5.76. The lowest BCUT2D eigenvalue weighted by atomic mass is 10.2. The van der Waals surface area contributed by atoms with Crippen LogP contribution in [0.1, 0.15) is 27.7 Å². The third-order valence-corrected chi connectivity index (χ3v) is 4.46. The van der Waals surface area contributed by atoms with E-state index in [0.29, 0.717) is 12.1 Å². The third kappa shape index (κ3) is 3.32. The average molecular weight is 356 g/mol. The van der Waals surface area contributed by atoms with E-state index in [2.05, 4.69) is 76.3 Å². The molecule has 0 atom stereocenters. The van der Waals surface area contributed by atoms with Crippen molar-refractivity contribution in [3.05, 3.63) is 27.4 Å². The Kier molecular flexibility index (Phi) is 5.04. The van der Waals surface area contributed by atoms with Crippen LogP contribution in [-0.4, -0.2) is 33.1 Å². The number of aromatic nitrogens is 2. The second kappa shape index (κ2) is 6.41. The van der Waals surface area contributed by atoms with Crippen molar-refractivity contribution in [3.8, 4) is 0 Å². The lowest BCUT2D eigenvalue weighted by molar-refractivity contribution is 0.168. The number of nitrogens with zero attached hydrogens (tertiary/aromatic N) is 2. The Morgan fingerprint density at radius 2 is 1.90 bits per heavy atom. The largest absolute Gasteiger partial charge is 0.331 e. The summed E-state index contributed by atoms with van der Waals surface area (Å²) in [7, 11) is 0. The summed E-state index contributed by atoms with van der Waals surface area (Å²) in [6, 6.07) is 7.34. The average Bonchev–Trinajstić information content (AvgIpc) is 2.64. The molecule has 1 aromatic heterocycles. The molecule has 3 nitrogen and oxygen atoms in total. The zero-order valence-corrected chi connectivity index (χ0v) is 14.9. The van der Waals surface area contributed by atoms with Crippen LogP contribution in [0.25, 0.3) is 11.0 Å². The molecule has 1 N–H and O–H groups in total. The lowest BCUT2D eigenvalue weighted by Gasteiger charge is -2.30. The molecular weight excluding hydrogens is 334 g/mol. The molecule has 2 rings (SSSR count). The van der Waals surface area contributed by atoms with E-state index < -0.39 is 0 Å². The van der Waals surface area contributed by atoms with Crippen LogP contribution in [0.2, 0.25) is 0 Å². The zero-order valence-electron chi connectivity index (χ0n) is 12.5. The van der Waals surface area contributed by atoms with Gasteiger partial charge in [-0.15, -0.1) is 0 Å². The Hall–Kier alpha value is -0.650. The normalized spacial score (nSPS) is 12.2. The van der Waals surface area contributed by atoms with E-state index in [1.54, 1.807) is 0 Å². The number of hydrogen-bond acceptors (Lipinski definition) is 2. The smallest absolute Gasteiger partial charge is 0.178 e. The van der Waals surface area contributed by atoms with E-state index >= 15 is 0 Å². The molecule has 110 valence electrons. The molecule has 0 aliphatic heterocycles. The van der Waals surface area contributed by atoms with Crippen LogP contribution in [0.5, 0.6) is 0 Å². The number of aromatic amines is 1. The summed E-state index contributed by atoms with van der Waals surface area (Å²) in [5, 5.41) is 0. The molecule has 2 aromatic rings. The van der Waals surface area contributed by atoms with Gasteiger partial charge in [-0.05, 0) is 58.1 Å². The van der Waals surface area contributed by atoms with Crippen LogP contribution >= 0.6 is 28.1 Å². The van der Waals surface area contributed by atoms with Crippen LogP contribution in [0.3, 0.4) is 0 Å². The number of benzene rings is 1. The molecule has 0 amide bonds. The molecule has 0 bridgehead atoms. The minimum absolute atomic E-state index is 0.545. The van der Waals surface area contributed by atoms with Crippen LogP contribution in [-0.2, 0) is 6.54 Å². The topological polar surface area (TPSA) is 24.0 Å². The molecular formula is C15H22BrN3S. The Morgan fingerprint density at radius 1 is 1.25 bits per heavy atom. The van der Waals surface area contributed by atoms with Gasteiger partial charge < -0.3 is 9.55 Å². The maximum absolute atomic E-state index is 5.45. The van der Waals surface area contributed by atoms with Crippen molar-refractivity contribution < 1.29 is 0 Å². The van der Waals surface area contributed by atoms with Crippen LogP contribution in [0.15, 0.2) is 22.7 Å². The first-order valence-electron chi connectivity index (χ1n) is 7.04. The fourth-order valence-electron chi connectivity index (χ4n) is 2.69. The third-order valence-electron chi connectivity index (χ3n) is 3.64. The molecule has 0 radical (unpaired) electrons. The number of rotatable bonds is 5. The lowest BCUT2D eigenvalue weighted by Crippen LogP contribution is -2.39. The Morgan fingerprint density at radius 3 is 2.50 bits per heavy atom. The highest BCUT2D eigenvalue weighted by molar-refractivity contribution is 9.10. The molecule has 0 spiro atoms. The minimum Gasteiger partial charge on any atom is -0.331 e. The van der Waals surface area contributed by atoms with Crippen molar-refractivity contribution in [1.82, 2.24) is 14.5 Å². The number of imidazole rings is 1. The van der Waals surface area contributed by atoms with E-state index in [-0.39, 0.29) is 0 Å². The minimum atomic E-state index is 0.545. The quantitative estimate of drug-likeness (QED) is 0.793. The second-order valence-electron chi connectivity index (χ2n) is 5.67. The van der Waals surface area contributed by atoms with Gasteiger partial charge in [-0.25, -0.2) is 0 Å². The Labute approximate surface area is 134 Å². The van der Waals surface area contributed by atoms with Crippen molar-refractivity contribution in [2.24, 2.45) is 0 Å². The van der Waals surface area contributed by atoms with Crippen molar-refractivity contribution in [1.29, 1.82) is 0 Å². The van der Waals surface area contributed by atoms with Gasteiger partial charge in [0.2, 0.25) is 0 Å².